The molecule has 2 aromatic rings. The first kappa shape index (κ1) is 10.9. The molecule has 0 aliphatic heterocycles. The summed E-state index contributed by atoms with van der Waals surface area (Å²) in [6.07, 6.45) is 0. The van der Waals surface area contributed by atoms with Crippen LogP contribution in [0.3, 0.4) is 0 Å². The Hall–Kier alpha value is -2.63. The van der Waals surface area contributed by atoms with Gasteiger partial charge in [0.05, 0.1) is 28.3 Å². The molecule has 0 saturated heterocycles. The summed E-state index contributed by atoms with van der Waals surface area (Å²) in [6, 6.07) is 4.64. The zero-order chi connectivity index (χ0) is 12.7. The Morgan fingerprint density at radius 3 is 2.06 bits per heavy atom. The number of nitrogen functional groups attached to an aromatic ring is 4. The maximum Gasteiger partial charge on any atom is 0.338 e. The average Bonchev–Trinajstić information content (AvgIpc) is 2.23. The SMILES string of the molecule is Nc1cc2cc(N)c(N)c(C(=O)O)c2cc1N. The normalized spacial score (nSPS) is 10.6. The molecule has 0 aromatic heterocycles. The summed E-state index contributed by atoms with van der Waals surface area (Å²) in [7, 11) is 0. The van der Waals surface area contributed by atoms with Crippen molar-refractivity contribution in [3.63, 3.8) is 0 Å². The largest absolute Gasteiger partial charge is 0.478 e. The lowest BCUT2D eigenvalue weighted by Crippen LogP contribution is -2.07. The molecule has 0 radical (unpaired) electrons. The lowest BCUT2D eigenvalue weighted by molar-refractivity contribution is 0.0700. The minimum Gasteiger partial charge on any atom is -0.478 e. The molecular formula is C11H12N4O2. The molecule has 0 unspecified atom stereocenters. The van der Waals surface area contributed by atoms with E-state index in [0.717, 1.165) is 0 Å². The van der Waals surface area contributed by atoms with Gasteiger partial charge in [-0.15, -0.1) is 0 Å². The lowest BCUT2D eigenvalue weighted by Gasteiger charge is -2.11. The first-order valence-electron chi connectivity index (χ1n) is 4.81. The number of carboxylic acid groups (broad SMARTS) is 1. The standard InChI is InChI=1S/C11H12N4O2/c12-6-1-4-2-8(14)10(15)9(11(16)17)5(4)3-7(6)13/h1-3H,12-15H2,(H,16,17). The van der Waals surface area contributed by atoms with Gasteiger partial charge in [0.2, 0.25) is 0 Å². The van der Waals surface area contributed by atoms with E-state index in [4.69, 9.17) is 28.0 Å². The van der Waals surface area contributed by atoms with Crippen molar-refractivity contribution in [1.29, 1.82) is 0 Å². The van der Waals surface area contributed by atoms with Gasteiger partial charge in [0.15, 0.2) is 0 Å². The van der Waals surface area contributed by atoms with Crippen LogP contribution in [0.1, 0.15) is 10.4 Å². The maximum atomic E-state index is 11.2. The average molecular weight is 232 g/mol. The summed E-state index contributed by atoms with van der Waals surface area (Å²) in [5.41, 5.74) is 23.5. The molecule has 0 aliphatic carbocycles. The molecular weight excluding hydrogens is 220 g/mol. The van der Waals surface area contributed by atoms with Crippen molar-refractivity contribution < 1.29 is 9.90 Å². The smallest absolute Gasteiger partial charge is 0.338 e. The van der Waals surface area contributed by atoms with Crippen molar-refractivity contribution >= 4 is 39.5 Å². The fourth-order valence-corrected chi connectivity index (χ4v) is 1.75. The van der Waals surface area contributed by atoms with Gasteiger partial charge >= 0.3 is 5.97 Å². The number of hydrogen-bond donors (Lipinski definition) is 5. The molecule has 0 spiro atoms. The van der Waals surface area contributed by atoms with Crippen LogP contribution >= 0.6 is 0 Å². The highest BCUT2D eigenvalue weighted by atomic mass is 16.4. The van der Waals surface area contributed by atoms with Crippen molar-refractivity contribution in [2.75, 3.05) is 22.9 Å². The molecule has 6 heteroatoms. The fourth-order valence-electron chi connectivity index (χ4n) is 1.75. The van der Waals surface area contributed by atoms with Crippen LogP contribution in [0.15, 0.2) is 18.2 Å². The number of nitrogens with two attached hydrogens (primary N) is 4. The van der Waals surface area contributed by atoms with Crippen LogP contribution in [0.5, 0.6) is 0 Å². The van der Waals surface area contributed by atoms with E-state index in [9.17, 15) is 4.79 Å². The van der Waals surface area contributed by atoms with Crippen molar-refractivity contribution in [2.45, 2.75) is 0 Å². The van der Waals surface area contributed by atoms with E-state index in [1.54, 1.807) is 12.1 Å². The van der Waals surface area contributed by atoms with Crippen LogP contribution in [0.4, 0.5) is 22.7 Å². The number of anilines is 4. The van der Waals surface area contributed by atoms with Gasteiger partial charge < -0.3 is 28.0 Å². The maximum absolute atomic E-state index is 11.2. The molecule has 0 heterocycles. The van der Waals surface area contributed by atoms with Gasteiger partial charge in [0.25, 0.3) is 0 Å². The first-order chi connectivity index (χ1) is 7.91. The van der Waals surface area contributed by atoms with Gasteiger partial charge in [0.1, 0.15) is 0 Å². The number of carboxylic acids is 1. The Morgan fingerprint density at radius 1 is 0.941 bits per heavy atom. The fraction of sp³-hybridized carbons (Fsp3) is 0. The summed E-state index contributed by atoms with van der Waals surface area (Å²) >= 11 is 0. The van der Waals surface area contributed by atoms with Crippen molar-refractivity contribution in [2.24, 2.45) is 0 Å². The molecule has 2 aromatic carbocycles. The Labute approximate surface area is 96.8 Å². The van der Waals surface area contributed by atoms with Crippen LogP contribution in [-0.2, 0) is 0 Å². The molecule has 6 nitrogen and oxygen atoms in total. The topological polar surface area (TPSA) is 141 Å². The Morgan fingerprint density at radius 2 is 1.47 bits per heavy atom. The quantitative estimate of drug-likeness (QED) is 0.462. The number of fused-ring (bicyclic) bond motifs is 1. The molecule has 88 valence electrons. The number of rotatable bonds is 1. The summed E-state index contributed by atoms with van der Waals surface area (Å²) in [5.74, 6) is -1.15. The second kappa shape index (κ2) is 3.44. The minimum absolute atomic E-state index is 0.0363. The third kappa shape index (κ3) is 1.55. The highest BCUT2D eigenvalue weighted by molar-refractivity contribution is 6.12. The molecule has 0 fully saturated rings. The van der Waals surface area contributed by atoms with Gasteiger partial charge in [-0.05, 0) is 23.6 Å². The van der Waals surface area contributed by atoms with Gasteiger partial charge in [-0.25, -0.2) is 4.79 Å². The van der Waals surface area contributed by atoms with Crippen molar-refractivity contribution in [3.05, 3.63) is 23.8 Å². The summed E-state index contributed by atoms with van der Waals surface area (Å²) in [6.45, 7) is 0. The molecule has 0 aliphatic rings. The molecule has 2 rings (SSSR count). The van der Waals surface area contributed by atoms with Crippen molar-refractivity contribution in [3.8, 4) is 0 Å². The highest BCUT2D eigenvalue weighted by Crippen LogP contribution is 2.33. The Balaban J connectivity index is 2.98. The lowest BCUT2D eigenvalue weighted by atomic mass is 10.00. The van der Waals surface area contributed by atoms with E-state index in [1.165, 1.54) is 6.07 Å². The number of carbonyl (C=O) groups is 1. The number of hydrogen-bond acceptors (Lipinski definition) is 5. The van der Waals surface area contributed by atoms with E-state index in [-0.39, 0.29) is 16.9 Å². The van der Waals surface area contributed by atoms with E-state index in [2.05, 4.69) is 0 Å². The Kier molecular flexibility index (Phi) is 2.20. The van der Waals surface area contributed by atoms with Gasteiger partial charge in [0, 0.05) is 5.39 Å². The highest BCUT2D eigenvalue weighted by Gasteiger charge is 2.16. The molecule has 0 atom stereocenters. The first-order valence-corrected chi connectivity index (χ1v) is 4.81. The second-order valence-corrected chi connectivity index (χ2v) is 3.76. The van der Waals surface area contributed by atoms with Crippen molar-refractivity contribution in [1.82, 2.24) is 0 Å². The van der Waals surface area contributed by atoms with Gasteiger partial charge in [-0.3, -0.25) is 0 Å². The predicted molar refractivity (Wildman–Crippen MR) is 68.6 cm³/mol. The van der Waals surface area contributed by atoms with E-state index in [1.807, 2.05) is 0 Å². The number of benzene rings is 2. The van der Waals surface area contributed by atoms with E-state index >= 15 is 0 Å². The third-order valence-corrected chi connectivity index (χ3v) is 2.63. The Bertz CT molecular complexity index is 632. The zero-order valence-electron chi connectivity index (χ0n) is 8.90. The van der Waals surface area contributed by atoms with Crippen LogP contribution in [0.25, 0.3) is 10.8 Å². The molecule has 0 amide bonds. The monoisotopic (exact) mass is 232 g/mol. The predicted octanol–water partition coefficient (Wildman–Crippen LogP) is 0.867. The second-order valence-electron chi connectivity index (χ2n) is 3.76. The molecule has 17 heavy (non-hydrogen) atoms. The molecule has 9 N–H and O–H groups in total. The zero-order valence-corrected chi connectivity index (χ0v) is 8.90. The summed E-state index contributed by atoms with van der Waals surface area (Å²) in [4.78, 5) is 11.2. The molecule has 0 bridgehead atoms. The minimum atomic E-state index is -1.15. The third-order valence-electron chi connectivity index (χ3n) is 2.63. The van der Waals surface area contributed by atoms with E-state index in [0.29, 0.717) is 22.1 Å². The van der Waals surface area contributed by atoms with Gasteiger partial charge in [-0.1, -0.05) is 0 Å². The van der Waals surface area contributed by atoms with Crippen LogP contribution in [-0.4, -0.2) is 11.1 Å². The van der Waals surface area contributed by atoms with Gasteiger partial charge in [-0.2, -0.15) is 0 Å². The number of aromatic carboxylic acids is 1. The summed E-state index contributed by atoms with van der Waals surface area (Å²) < 4.78 is 0. The van der Waals surface area contributed by atoms with Crippen LogP contribution < -0.4 is 22.9 Å². The molecule has 0 saturated carbocycles. The van der Waals surface area contributed by atoms with Crippen LogP contribution in [0.2, 0.25) is 0 Å². The van der Waals surface area contributed by atoms with Crippen LogP contribution in [0, 0.1) is 0 Å². The summed E-state index contributed by atoms with van der Waals surface area (Å²) in [5, 5.41) is 10.2. The van der Waals surface area contributed by atoms with E-state index < -0.39 is 5.97 Å².